The lowest BCUT2D eigenvalue weighted by Gasteiger charge is -2.34. The number of hydrogen-bond acceptors (Lipinski definition) is 6. The van der Waals surface area contributed by atoms with Gasteiger partial charge in [0, 0.05) is 24.7 Å². The van der Waals surface area contributed by atoms with E-state index in [4.69, 9.17) is 9.26 Å². The van der Waals surface area contributed by atoms with Crippen LogP contribution in [0.25, 0.3) is 0 Å². The number of likely N-dealkylation sites (N-methyl/N-ethyl adjacent to an activating group) is 1. The standard InChI is InChI=1S/C18H31N3O4.CH4/c1-17(2,12-22)14-10-15(25-20-14)19-16(23)18(3,4)21(5)8-6-13-7-9-24-11-13;/h10,13,22H,6-9,11-12H2,1-5H3,(H,19,23);1H4/t13-;/m0./s1. The molecule has 2 heterocycles. The summed E-state index contributed by atoms with van der Waals surface area (Å²) in [7, 11) is 1.95. The average Bonchev–Trinajstić information content (AvgIpc) is 3.24. The van der Waals surface area contributed by atoms with E-state index in [1.165, 1.54) is 0 Å². The van der Waals surface area contributed by atoms with E-state index in [0.29, 0.717) is 17.5 Å². The third kappa shape index (κ3) is 5.28. The molecule has 7 nitrogen and oxygen atoms in total. The van der Waals surface area contributed by atoms with Gasteiger partial charge in [-0.25, -0.2) is 0 Å². The molecular weight excluding hydrogens is 334 g/mol. The van der Waals surface area contributed by atoms with Crippen LogP contribution in [0, 0.1) is 5.92 Å². The Hall–Kier alpha value is -1.44. The fourth-order valence-corrected chi connectivity index (χ4v) is 2.64. The highest BCUT2D eigenvalue weighted by Gasteiger charge is 2.34. The lowest BCUT2D eigenvalue weighted by Crippen LogP contribution is -2.51. The summed E-state index contributed by atoms with van der Waals surface area (Å²) in [5.74, 6) is 0.730. The Bertz CT molecular complexity index is 577. The van der Waals surface area contributed by atoms with Crippen LogP contribution in [0.4, 0.5) is 5.88 Å². The molecule has 1 atom stereocenters. The molecule has 1 aliphatic rings. The van der Waals surface area contributed by atoms with Gasteiger partial charge in [0.25, 0.3) is 0 Å². The van der Waals surface area contributed by atoms with E-state index < -0.39 is 11.0 Å². The van der Waals surface area contributed by atoms with E-state index in [9.17, 15) is 9.90 Å². The minimum Gasteiger partial charge on any atom is -0.395 e. The third-order valence-electron chi connectivity index (χ3n) is 5.24. The molecule has 0 aliphatic carbocycles. The highest BCUT2D eigenvalue weighted by molar-refractivity contribution is 5.96. The first-order valence-electron chi connectivity index (χ1n) is 8.85. The minimum absolute atomic E-state index is 0. The smallest absolute Gasteiger partial charge is 0.246 e. The molecule has 0 aromatic carbocycles. The number of rotatable bonds is 8. The number of hydrogen-bond donors (Lipinski definition) is 2. The van der Waals surface area contributed by atoms with Crippen molar-refractivity contribution >= 4 is 11.8 Å². The van der Waals surface area contributed by atoms with E-state index in [1.54, 1.807) is 6.07 Å². The normalized spacial score (nSPS) is 18.0. The van der Waals surface area contributed by atoms with Crippen molar-refractivity contribution in [2.24, 2.45) is 5.92 Å². The van der Waals surface area contributed by atoms with Gasteiger partial charge < -0.3 is 14.4 Å². The molecule has 2 N–H and O–H groups in total. The van der Waals surface area contributed by atoms with Crippen molar-refractivity contribution < 1.29 is 19.2 Å². The van der Waals surface area contributed by atoms with Crippen LogP contribution in [0.5, 0.6) is 0 Å². The van der Waals surface area contributed by atoms with Gasteiger partial charge in [-0.1, -0.05) is 26.4 Å². The lowest BCUT2D eigenvalue weighted by molar-refractivity contribution is -0.125. The molecule has 1 amide bonds. The summed E-state index contributed by atoms with van der Waals surface area (Å²) >= 11 is 0. The Labute approximate surface area is 157 Å². The molecule has 1 aromatic rings. The van der Waals surface area contributed by atoms with Gasteiger partial charge in [-0.2, -0.15) is 0 Å². The number of carbonyl (C=O) groups excluding carboxylic acids is 1. The van der Waals surface area contributed by atoms with Crippen molar-refractivity contribution in [2.45, 2.75) is 58.9 Å². The zero-order valence-corrected chi connectivity index (χ0v) is 16.0. The summed E-state index contributed by atoms with van der Waals surface area (Å²) in [6.07, 6.45) is 2.12. The summed E-state index contributed by atoms with van der Waals surface area (Å²) in [4.78, 5) is 14.7. The molecular formula is C19H35N3O4. The molecule has 0 saturated carbocycles. The number of nitrogens with zero attached hydrogens (tertiary/aromatic N) is 2. The van der Waals surface area contributed by atoms with Gasteiger partial charge in [0.2, 0.25) is 11.8 Å². The van der Waals surface area contributed by atoms with Crippen LogP contribution >= 0.6 is 0 Å². The molecule has 1 saturated heterocycles. The molecule has 0 unspecified atom stereocenters. The quantitative estimate of drug-likeness (QED) is 0.732. The molecule has 0 radical (unpaired) electrons. The first-order valence-corrected chi connectivity index (χ1v) is 8.85. The maximum absolute atomic E-state index is 12.7. The van der Waals surface area contributed by atoms with Gasteiger partial charge in [-0.15, -0.1) is 0 Å². The molecule has 150 valence electrons. The number of aliphatic hydroxyl groups is 1. The molecule has 26 heavy (non-hydrogen) atoms. The molecule has 0 spiro atoms. The number of aromatic nitrogens is 1. The van der Waals surface area contributed by atoms with E-state index in [0.717, 1.165) is 32.6 Å². The van der Waals surface area contributed by atoms with Crippen LogP contribution in [0.1, 0.15) is 53.7 Å². The van der Waals surface area contributed by atoms with E-state index in [1.807, 2.05) is 34.7 Å². The summed E-state index contributed by atoms with van der Waals surface area (Å²) < 4.78 is 10.6. The molecule has 0 bridgehead atoms. The summed E-state index contributed by atoms with van der Waals surface area (Å²) in [5, 5.41) is 16.1. The molecule has 1 fully saturated rings. The van der Waals surface area contributed by atoms with Crippen molar-refractivity contribution in [3.05, 3.63) is 11.8 Å². The maximum Gasteiger partial charge on any atom is 0.246 e. The topological polar surface area (TPSA) is 87.8 Å². The Morgan fingerprint density at radius 3 is 2.69 bits per heavy atom. The number of carbonyl (C=O) groups is 1. The zero-order valence-electron chi connectivity index (χ0n) is 16.0. The lowest BCUT2D eigenvalue weighted by atomic mass is 9.91. The first kappa shape index (κ1) is 22.6. The highest BCUT2D eigenvalue weighted by atomic mass is 16.5. The van der Waals surface area contributed by atoms with Gasteiger partial charge in [0.15, 0.2) is 0 Å². The Morgan fingerprint density at radius 2 is 2.12 bits per heavy atom. The molecule has 2 rings (SSSR count). The van der Waals surface area contributed by atoms with Crippen LogP contribution in [-0.4, -0.2) is 60.0 Å². The fourth-order valence-electron chi connectivity index (χ4n) is 2.64. The van der Waals surface area contributed by atoms with Crippen molar-refractivity contribution in [1.82, 2.24) is 10.1 Å². The molecule has 1 aromatic heterocycles. The van der Waals surface area contributed by atoms with Crippen LogP contribution in [0.15, 0.2) is 10.6 Å². The predicted molar refractivity (Wildman–Crippen MR) is 102 cm³/mol. The Morgan fingerprint density at radius 1 is 1.42 bits per heavy atom. The van der Waals surface area contributed by atoms with E-state index >= 15 is 0 Å². The van der Waals surface area contributed by atoms with E-state index in [-0.39, 0.29) is 19.9 Å². The highest BCUT2D eigenvalue weighted by Crippen LogP contribution is 2.25. The number of anilines is 1. The monoisotopic (exact) mass is 369 g/mol. The van der Waals surface area contributed by atoms with Crippen LogP contribution < -0.4 is 5.32 Å². The number of amides is 1. The summed E-state index contributed by atoms with van der Waals surface area (Å²) in [5.41, 5.74) is -0.584. The largest absolute Gasteiger partial charge is 0.395 e. The van der Waals surface area contributed by atoms with E-state index in [2.05, 4.69) is 15.4 Å². The van der Waals surface area contributed by atoms with Crippen LogP contribution in [-0.2, 0) is 14.9 Å². The first-order chi connectivity index (χ1) is 11.7. The summed E-state index contributed by atoms with van der Waals surface area (Å²) in [6, 6.07) is 1.67. The van der Waals surface area contributed by atoms with Gasteiger partial charge in [-0.3, -0.25) is 15.0 Å². The van der Waals surface area contributed by atoms with Crippen LogP contribution in [0.2, 0.25) is 0 Å². The SMILES string of the molecule is C.CN(CC[C@H]1CCOC1)C(C)(C)C(=O)Nc1cc(C(C)(C)CO)no1. The van der Waals surface area contributed by atoms with Gasteiger partial charge in [0.05, 0.1) is 17.8 Å². The predicted octanol–water partition coefficient (Wildman–Crippen LogP) is 2.66. The fraction of sp³-hybridized carbons (Fsp3) is 0.789. The molecule has 7 heteroatoms. The van der Waals surface area contributed by atoms with Crippen molar-refractivity contribution in [1.29, 1.82) is 0 Å². The number of aliphatic hydroxyl groups excluding tert-OH is 1. The number of ether oxygens (including phenoxy) is 1. The van der Waals surface area contributed by atoms with Crippen LogP contribution in [0.3, 0.4) is 0 Å². The maximum atomic E-state index is 12.7. The second-order valence-corrected chi connectivity index (χ2v) is 8.07. The van der Waals surface area contributed by atoms with Gasteiger partial charge in [0.1, 0.15) is 0 Å². The third-order valence-corrected chi connectivity index (χ3v) is 5.24. The summed E-state index contributed by atoms with van der Waals surface area (Å²) in [6.45, 7) is 9.95. The van der Waals surface area contributed by atoms with Gasteiger partial charge >= 0.3 is 0 Å². The average molecular weight is 370 g/mol. The van der Waals surface area contributed by atoms with Crippen molar-refractivity contribution in [3.63, 3.8) is 0 Å². The second-order valence-electron chi connectivity index (χ2n) is 8.07. The van der Waals surface area contributed by atoms with Gasteiger partial charge in [-0.05, 0) is 46.2 Å². The Balaban J connectivity index is 0.00000338. The second kappa shape index (κ2) is 8.97. The van der Waals surface area contributed by atoms with Crippen molar-refractivity contribution in [3.8, 4) is 0 Å². The number of nitrogens with one attached hydrogen (secondary N) is 1. The Kier molecular flexibility index (Phi) is 7.80. The minimum atomic E-state index is -0.682. The molecule has 1 aliphatic heterocycles. The van der Waals surface area contributed by atoms with Crippen molar-refractivity contribution in [2.75, 3.05) is 38.7 Å². The zero-order chi connectivity index (χ0) is 18.7.